The molecule has 2 unspecified atom stereocenters. The Hall–Kier alpha value is -2.25. The van der Waals surface area contributed by atoms with Gasteiger partial charge in [0.15, 0.2) is 17.5 Å². The van der Waals surface area contributed by atoms with Crippen LogP contribution >= 0.6 is 0 Å². The lowest BCUT2D eigenvalue weighted by Crippen LogP contribution is -2.58. The Labute approximate surface area is 156 Å². The number of benzene rings is 1. The van der Waals surface area contributed by atoms with Crippen LogP contribution in [-0.4, -0.2) is 36.0 Å². The first-order chi connectivity index (χ1) is 12.9. The fraction of sp³-hybridized carbons (Fsp3) is 0.579. The second kappa shape index (κ2) is 8.19. The standard InChI is InChI=1S/C19H24F3N3O2/c1-11-18(26)23-7-8-25(11)19(27)24-17(12-5-3-2-4-6-12)13-9-14(20)16(22)15(21)10-13/h9-12,17H,2-8H2,1H3,(H,23,26)(H,24,27). The van der Waals surface area contributed by atoms with Gasteiger partial charge < -0.3 is 15.5 Å². The van der Waals surface area contributed by atoms with Gasteiger partial charge in [0.25, 0.3) is 0 Å². The van der Waals surface area contributed by atoms with Gasteiger partial charge in [-0.25, -0.2) is 18.0 Å². The van der Waals surface area contributed by atoms with E-state index < -0.39 is 35.6 Å². The zero-order valence-electron chi connectivity index (χ0n) is 15.2. The first kappa shape index (κ1) is 19.5. The van der Waals surface area contributed by atoms with Gasteiger partial charge in [0.2, 0.25) is 5.91 Å². The predicted molar refractivity (Wildman–Crippen MR) is 93.3 cm³/mol. The normalized spacial score (nSPS) is 22.3. The van der Waals surface area contributed by atoms with Crippen LogP contribution in [0.5, 0.6) is 0 Å². The zero-order valence-corrected chi connectivity index (χ0v) is 15.2. The number of carbonyl (C=O) groups is 2. The van der Waals surface area contributed by atoms with Crippen LogP contribution in [0.3, 0.4) is 0 Å². The van der Waals surface area contributed by atoms with Crippen molar-refractivity contribution in [2.24, 2.45) is 5.92 Å². The number of amides is 3. The zero-order chi connectivity index (χ0) is 19.6. The van der Waals surface area contributed by atoms with Gasteiger partial charge in [0.05, 0.1) is 6.04 Å². The van der Waals surface area contributed by atoms with E-state index in [0.29, 0.717) is 13.1 Å². The number of urea groups is 1. The fourth-order valence-corrected chi connectivity index (χ4v) is 3.97. The Balaban J connectivity index is 1.86. The van der Waals surface area contributed by atoms with E-state index in [0.717, 1.165) is 44.2 Å². The number of rotatable bonds is 3. The second-order valence-electron chi connectivity index (χ2n) is 7.28. The molecule has 1 saturated carbocycles. The molecule has 2 N–H and O–H groups in total. The molecule has 1 saturated heterocycles. The van der Waals surface area contributed by atoms with Crippen LogP contribution in [0.2, 0.25) is 0 Å². The summed E-state index contributed by atoms with van der Waals surface area (Å²) in [7, 11) is 0. The van der Waals surface area contributed by atoms with Crippen LogP contribution in [0, 0.1) is 23.4 Å². The second-order valence-corrected chi connectivity index (χ2v) is 7.28. The highest BCUT2D eigenvalue weighted by Crippen LogP contribution is 2.35. The van der Waals surface area contributed by atoms with Crippen molar-refractivity contribution in [1.29, 1.82) is 0 Å². The molecule has 0 aromatic heterocycles. The fourth-order valence-electron chi connectivity index (χ4n) is 3.97. The van der Waals surface area contributed by atoms with Crippen molar-refractivity contribution in [3.8, 4) is 0 Å². The largest absolute Gasteiger partial charge is 0.353 e. The SMILES string of the molecule is CC1C(=O)NCCN1C(=O)NC(c1cc(F)c(F)c(F)c1)C1CCCCC1. The Morgan fingerprint density at radius 1 is 1.19 bits per heavy atom. The number of hydrogen-bond donors (Lipinski definition) is 2. The number of nitrogens with zero attached hydrogens (tertiary/aromatic N) is 1. The lowest BCUT2D eigenvalue weighted by Gasteiger charge is -2.37. The van der Waals surface area contributed by atoms with Gasteiger partial charge in [-0.3, -0.25) is 4.79 Å². The van der Waals surface area contributed by atoms with E-state index in [1.54, 1.807) is 6.92 Å². The molecular formula is C19H24F3N3O2. The quantitative estimate of drug-likeness (QED) is 0.787. The molecule has 27 heavy (non-hydrogen) atoms. The monoisotopic (exact) mass is 383 g/mol. The summed E-state index contributed by atoms with van der Waals surface area (Å²) in [5, 5.41) is 5.53. The minimum atomic E-state index is -1.52. The maximum absolute atomic E-state index is 13.8. The average molecular weight is 383 g/mol. The summed E-state index contributed by atoms with van der Waals surface area (Å²) < 4.78 is 40.9. The summed E-state index contributed by atoms with van der Waals surface area (Å²) in [6, 6.07) is 0.166. The summed E-state index contributed by atoms with van der Waals surface area (Å²) in [4.78, 5) is 26.0. The molecule has 8 heteroatoms. The molecule has 1 heterocycles. The van der Waals surface area contributed by atoms with E-state index in [9.17, 15) is 22.8 Å². The van der Waals surface area contributed by atoms with Crippen molar-refractivity contribution in [2.45, 2.75) is 51.1 Å². The van der Waals surface area contributed by atoms with Gasteiger partial charge in [-0.15, -0.1) is 0 Å². The molecular weight excluding hydrogens is 359 g/mol. The highest BCUT2D eigenvalue weighted by Gasteiger charge is 2.33. The van der Waals surface area contributed by atoms with Crippen molar-refractivity contribution in [3.63, 3.8) is 0 Å². The summed E-state index contributed by atoms with van der Waals surface area (Å²) >= 11 is 0. The number of nitrogens with one attached hydrogen (secondary N) is 2. The molecule has 1 aromatic carbocycles. The summed E-state index contributed by atoms with van der Waals surface area (Å²) in [6.45, 7) is 2.33. The van der Waals surface area contributed by atoms with E-state index in [2.05, 4.69) is 10.6 Å². The third-order valence-corrected chi connectivity index (χ3v) is 5.53. The third-order valence-electron chi connectivity index (χ3n) is 5.53. The van der Waals surface area contributed by atoms with Gasteiger partial charge in [0, 0.05) is 13.1 Å². The minimum Gasteiger partial charge on any atom is -0.353 e. The van der Waals surface area contributed by atoms with Gasteiger partial charge >= 0.3 is 6.03 Å². The molecule has 0 bridgehead atoms. The van der Waals surface area contributed by atoms with Crippen LogP contribution in [0.15, 0.2) is 12.1 Å². The van der Waals surface area contributed by atoms with E-state index in [-0.39, 0.29) is 17.4 Å². The van der Waals surface area contributed by atoms with Crippen LogP contribution in [0.25, 0.3) is 0 Å². The molecule has 0 spiro atoms. The third kappa shape index (κ3) is 4.20. The molecule has 3 rings (SSSR count). The van der Waals surface area contributed by atoms with Crippen LogP contribution < -0.4 is 10.6 Å². The molecule has 2 fully saturated rings. The summed E-state index contributed by atoms with van der Waals surface area (Å²) in [5.41, 5.74) is 0.209. The molecule has 1 aromatic rings. The first-order valence-electron chi connectivity index (χ1n) is 9.37. The van der Waals surface area contributed by atoms with Crippen molar-refractivity contribution in [1.82, 2.24) is 15.5 Å². The van der Waals surface area contributed by atoms with Crippen LogP contribution in [0.4, 0.5) is 18.0 Å². The lowest BCUT2D eigenvalue weighted by molar-refractivity contribution is -0.126. The van der Waals surface area contributed by atoms with Crippen molar-refractivity contribution in [3.05, 3.63) is 35.1 Å². The van der Waals surface area contributed by atoms with Crippen LogP contribution in [0.1, 0.15) is 50.6 Å². The molecule has 2 aliphatic rings. The predicted octanol–water partition coefficient (Wildman–Crippen LogP) is 3.26. The van der Waals surface area contributed by atoms with E-state index in [1.165, 1.54) is 4.90 Å². The lowest BCUT2D eigenvalue weighted by atomic mass is 9.81. The molecule has 1 aliphatic carbocycles. The van der Waals surface area contributed by atoms with Crippen LogP contribution in [-0.2, 0) is 4.79 Å². The average Bonchev–Trinajstić information content (AvgIpc) is 2.66. The minimum absolute atomic E-state index is 0.000819. The summed E-state index contributed by atoms with van der Waals surface area (Å²) in [5.74, 6) is -4.31. The van der Waals surface area contributed by atoms with Gasteiger partial charge in [0.1, 0.15) is 6.04 Å². The first-order valence-corrected chi connectivity index (χ1v) is 9.37. The topological polar surface area (TPSA) is 61.4 Å². The van der Waals surface area contributed by atoms with E-state index >= 15 is 0 Å². The molecule has 1 aliphatic heterocycles. The number of halogens is 3. The molecule has 2 atom stereocenters. The Morgan fingerprint density at radius 2 is 1.81 bits per heavy atom. The van der Waals surface area contributed by atoms with Gasteiger partial charge in [-0.1, -0.05) is 19.3 Å². The van der Waals surface area contributed by atoms with Crippen molar-refractivity contribution < 1.29 is 22.8 Å². The van der Waals surface area contributed by atoms with E-state index in [4.69, 9.17) is 0 Å². The molecule has 3 amide bonds. The number of piperazine rings is 1. The Morgan fingerprint density at radius 3 is 2.44 bits per heavy atom. The number of carbonyl (C=O) groups excluding carboxylic acids is 2. The smallest absolute Gasteiger partial charge is 0.318 e. The summed E-state index contributed by atoms with van der Waals surface area (Å²) in [6.07, 6.45) is 4.62. The maximum Gasteiger partial charge on any atom is 0.318 e. The number of hydrogen-bond acceptors (Lipinski definition) is 2. The van der Waals surface area contributed by atoms with Gasteiger partial charge in [-0.05, 0) is 43.4 Å². The Kier molecular flexibility index (Phi) is 5.92. The van der Waals surface area contributed by atoms with Gasteiger partial charge in [-0.2, -0.15) is 0 Å². The maximum atomic E-state index is 13.8. The highest BCUT2D eigenvalue weighted by molar-refractivity contribution is 5.88. The van der Waals surface area contributed by atoms with E-state index in [1.807, 2.05) is 0 Å². The molecule has 0 radical (unpaired) electrons. The molecule has 5 nitrogen and oxygen atoms in total. The van der Waals surface area contributed by atoms with Crippen molar-refractivity contribution in [2.75, 3.05) is 13.1 Å². The van der Waals surface area contributed by atoms with Crippen molar-refractivity contribution >= 4 is 11.9 Å². The Bertz CT molecular complexity index is 699. The highest BCUT2D eigenvalue weighted by atomic mass is 19.2. The molecule has 148 valence electrons.